The number of hydrogen-bond acceptors (Lipinski definition) is 5. The quantitative estimate of drug-likeness (QED) is 0.324. The van der Waals surface area contributed by atoms with Gasteiger partial charge in [-0.05, 0) is 24.2 Å². The molecule has 3 atom stereocenters. The van der Waals surface area contributed by atoms with Crippen molar-refractivity contribution in [2.24, 2.45) is 16.7 Å². The van der Waals surface area contributed by atoms with Crippen molar-refractivity contribution in [3.8, 4) is 0 Å². The fraction of sp³-hybridized carbons (Fsp3) is 0.818. The molecule has 0 aromatic carbocycles. The average molecular weight is 282 g/mol. The summed E-state index contributed by atoms with van der Waals surface area (Å²) in [5.41, 5.74) is -1.88. The molecule has 96 valence electrons. The summed E-state index contributed by atoms with van der Waals surface area (Å²) < 4.78 is 33.7. The molecule has 0 N–H and O–H groups in total. The van der Waals surface area contributed by atoms with E-state index in [0.717, 1.165) is 0 Å². The van der Waals surface area contributed by atoms with Crippen LogP contribution in [0, 0.1) is 16.7 Å². The minimum absolute atomic E-state index is 0. The van der Waals surface area contributed by atoms with Crippen LogP contribution < -0.4 is 29.6 Å². The third-order valence-corrected chi connectivity index (χ3v) is 6.04. The predicted molar refractivity (Wildman–Crippen MR) is 58.1 cm³/mol. The van der Waals surface area contributed by atoms with E-state index in [2.05, 4.69) is 0 Å². The van der Waals surface area contributed by atoms with Crippen molar-refractivity contribution in [3.05, 3.63) is 0 Å². The minimum atomic E-state index is -4.79. The molecule has 2 saturated carbocycles. The van der Waals surface area contributed by atoms with Crippen LogP contribution in [0.15, 0.2) is 0 Å². The molecule has 0 spiro atoms. The molecule has 2 rings (SSSR count). The fourth-order valence-electron chi connectivity index (χ4n) is 3.81. The molecule has 5 nitrogen and oxygen atoms in total. The second-order valence-corrected chi connectivity index (χ2v) is 7.10. The van der Waals surface area contributed by atoms with E-state index in [0.29, 0.717) is 12.8 Å². The molecule has 2 bridgehead atoms. The van der Waals surface area contributed by atoms with Crippen molar-refractivity contribution < 1.29 is 52.1 Å². The summed E-state index contributed by atoms with van der Waals surface area (Å²) in [4.78, 5) is 23.1. The largest absolute Gasteiger partial charge is 1.00 e. The first-order valence-corrected chi connectivity index (χ1v) is 7.08. The first kappa shape index (κ1) is 16.3. The van der Waals surface area contributed by atoms with Gasteiger partial charge >= 0.3 is 29.6 Å². The van der Waals surface area contributed by atoms with Gasteiger partial charge in [-0.15, -0.1) is 0 Å². The van der Waals surface area contributed by atoms with Crippen LogP contribution in [0.3, 0.4) is 0 Å². The molecule has 0 radical (unpaired) electrons. The number of carbonyl (C=O) groups is 2. The van der Waals surface area contributed by atoms with Crippen LogP contribution in [-0.2, 0) is 19.7 Å². The molecular formula is C11H15NaO5S. The normalized spacial score (nSPS) is 35.1. The van der Waals surface area contributed by atoms with E-state index in [1.807, 2.05) is 0 Å². The zero-order valence-corrected chi connectivity index (χ0v) is 13.6. The van der Waals surface area contributed by atoms with Crippen LogP contribution in [-0.4, -0.2) is 30.3 Å². The molecular weight excluding hydrogens is 267 g/mol. The fourth-order valence-corrected chi connectivity index (χ4v) is 4.99. The molecule has 0 aromatic heterocycles. The van der Waals surface area contributed by atoms with Crippen LogP contribution in [0.25, 0.3) is 0 Å². The molecule has 18 heavy (non-hydrogen) atoms. The van der Waals surface area contributed by atoms with Crippen molar-refractivity contribution in [1.82, 2.24) is 0 Å². The Bertz CT molecular complexity index is 484. The zero-order valence-electron chi connectivity index (χ0n) is 10.8. The molecule has 3 unspecified atom stereocenters. The van der Waals surface area contributed by atoms with E-state index in [4.69, 9.17) is 0 Å². The smallest absolute Gasteiger partial charge is 0.747 e. The van der Waals surface area contributed by atoms with Gasteiger partial charge in [-0.1, -0.05) is 13.8 Å². The SMILES string of the molecule is CC1(C)C2CCC1(C(C=O)S(=O)(=O)[O-])C(=O)C2.[Na+]. The van der Waals surface area contributed by atoms with E-state index in [1.165, 1.54) is 0 Å². The minimum Gasteiger partial charge on any atom is -0.747 e. The molecule has 2 aliphatic carbocycles. The van der Waals surface area contributed by atoms with Gasteiger partial charge in [0.25, 0.3) is 0 Å². The summed E-state index contributed by atoms with van der Waals surface area (Å²) in [7, 11) is -4.79. The second-order valence-electron chi connectivity index (χ2n) is 5.61. The topological polar surface area (TPSA) is 91.3 Å². The monoisotopic (exact) mass is 282 g/mol. The molecule has 0 aromatic rings. The van der Waals surface area contributed by atoms with Crippen molar-refractivity contribution in [3.63, 3.8) is 0 Å². The molecule has 0 aliphatic heterocycles. The summed E-state index contributed by atoms with van der Waals surface area (Å²) in [6.45, 7) is 3.58. The van der Waals surface area contributed by atoms with Gasteiger partial charge in [-0.25, -0.2) is 8.42 Å². The summed E-state index contributed by atoms with van der Waals surface area (Å²) in [6, 6.07) is 0. The van der Waals surface area contributed by atoms with Gasteiger partial charge < -0.3 is 9.35 Å². The van der Waals surface area contributed by atoms with Gasteiger partial charge in [0.2, 0.25) is 0 Å². The van der Waals surface area contributed by atoms with E-state index in [1.54, 1.807) is 13.8 Å². The van der Waals surface area contributed by atoms with Crippen LogP contribution in [0.1, 0.15) is 33.1 Å². The number of hydrogen-bond donors (Lipinski definition) is 0. The Morgan fingerprint density at radius 2 is 2.00 bits per heavy atom. The van der Waals surface area contributed by atoms with E-state index in [-0.39, 0.29) is 54.0 Å². The Balaban J connectivity index is 0.00000162. The standard InChI is InChI=1S/C11H16O5S.Na/c1-10(2)7-3-4-11(10,8(13)5-7)9(6-12)17(14,15)16;/h6-7,9H,3-5H2,1-2H3,(H,14,15,16);/q;+1/p-1. The van der Waals surface area contributed by atoms with E-state index < -0.39 is 26.2 Å². The van der Waals surface area contributed by atoms with E-state index >= 15 is 0 Å². The second kappa shape index (κ2) is 4.66. The third-order valence-electron chi connectivity index (χ3n) is 4.91. The maximum Gasteiger partial charge on any atom is 1.00 e. The number of ketones is 1. The Morgan fingerprint density at radius 3 is 2.28 bits per heavy atom. The summed E-state index contributed by atoms with van der Waals surface area (Å²) >= 11 is 0. The van der Waals surface area contributed by atoms with Gasteiger partial charge in [-0.2, -0.15) is 0 Å². The Hall–Kier alpha value is 0.250. The Labute approximate surface area is 129 Å². The first-order chi connectivity index (χ1) is 7.68. The van der Waals surface area contributed by atoms with Crippen molar-refractivity contribution in [1.29, 1.82) is 0 Å². The first-order valence-electron chi connectivity index (χ1n) is 5.61. The van der Waals surface area contributed by atoms with Gasteiger partial charge in [0, 0.05) is 6.42 Å². The van der Waals surface area contributed by atoms with Crippen LogP contribution in [0.5, 0.6) is 0 Å². The van der Waals surface area contributed by atoms with E-state index in [9.17, 15) is 22.6 Å². The van der Waals surface area contributed by atoms with Crippen molar-refractivity contribution in [2.75, 3.05) is 0 Å². The molecule has 0 amide bonds. The maximum absolute atomic E-state index is 12.1. The summed E-state index contributed by atoms with van der Waals surface area (Å²) in [6.07, 6.45) is 1.47. The Kier molecular flexibility index (Phi) is 4.23. The maximum atomic E-state index is 12.1. The molecule has 0 saturated heterocycles. The summed E-state index contributed by atoms with van der Waals surface area (Å²) in [5.74, 6) is -0.158. The van der Waals surface area contributed by atoms with Crippen LogP contribution in [0.2, 0.25) is 0 Å². The summed E-state index contributed by atoms with van der Waals surface area (Å²) in [5, 5.41) is -1.73. The molecule has 7 heteroatoms. The average Bonchev–Trinajstić information content (AvgIpc) is 2.50. The van der Waals surface area contributed by atoms with Gasteiger partial charge in [0.05, 0.1) is 5.41 Å². The Morgan fingerprint density at radius 1 is 1.44 bits per heavy atom. The van der Waals surface area contributed by atoms with Gasteiger partial charge in [0.15, 0.2) is 0 Å². The molecule has 2 fully saturated rings. The van der Waals surface area contributed by atoms with Gasteiger partial charge in [-0.3, -0.25) is 4.79 Å². The number of rotatable bonds is 3. The van der Waals surface area contributed by atoms with Crippen molar-refractivity contribution in [2.45, 2.75) is 38.4 Å². The zero-order chi connectivity index (χ0) is 13.1. The van der Waals surface area contributed by atoms with Crippen LogP contribution in [0.4, 0.5) is 0 Å². The van der Waals surface area contributed by atoms with Crippen LogP contribution >= 0.6 is 0 Å². The number of fused-ring (bicyclic) bond motifs is 2. The number of aldehydes is 1. The third kappa shape index (κ3) is 1.85. The molecule has 0 heterocycles. The van der Waals surface area contributed by atoms with Gasteiger partial charge in [0.1, 0.15) is 27.4 Å². The molecule has 2 aliphatic rings. The van der Waals surface area contributed by atoms with Crippen molar-refractivity contribution >= 4 is 22.2 Å². The number of carbonyl (C=O) groups excluding carboxylic acids is 2. The number of Topliss-reactive ketones (excluding diaryl/α,β-unsaturated/α-hetero) is 1. The predicted octanol–water partition coefficient (Wildman–Crippen LogP) is -2.50.